The Hall–Kier alpha value is -1.85. The van der Waals surface area contributed by atoms with Crippen LogP contribution in [0.25, 0.3) is 0 Å². The van der Waals surface area contributed by atoms with Crippen molar-refractivity contribution in [2.24, 2.45) is 5.92 Å². The molecular weight excluding hydrogens is 260 g/mol. The van der Waals surface area contributed by atoms with Gasteiger partial charge in [0.15, 0.2) is 0 Å². The summed E-state index contributed by atoms with van der Waals surface area (Å²) in [7, 11) is 0. The maximum absolute atomic E-state index is 12.4. The van der Waals surface area contributed by atoms with Crippen LogP contribution in [0.2, 0.25) is 0 Å². The van der Waals surface area contributed by atoms with Crippen LogP contribution in [0.15, 0.2) is 4.52 Å². The molecule has 1 aromatic heterocycles. The molecule has 1 fully saturated rings. The first-order valence-corrected chi connectivity index (χ1v) is 6.93. The SMILES string of the molecule is Cc1noc(C)c1C(=O)N1CCC(CCC(=O)O)CC1. The Morgan fingerprint density at radius 3 is 2.50 bits per heavy atom. The maximum atomic E-state index is 12.4. The largest absolute Gasteiger partial charge is 0.481 e. The average Bonchev–Trinajstić information content (AvgIpc) is 2.76. The molecule has 110 valence electrons. The number of likely N-dealkylation sites (tertiary alicyclic amines) is 1. The Labute approximate surface area is 117 Å². The molecular formula is C14H20N2O4. The van der Waals surface area contributed by atoms with Gasteiger partial charge in [-0.1, -0.05) is 5.16 Å². The van der Waals surface area contributed by atoms with Gasteiger partial charge in [-0.3, -0.25) is 9.59 Å². The lowest BCUT2D eigenvalue weighted by Gasteiger charge is -2.31. The fourth-order valence-electron chi connectivity index (χ4n) is 2.70. The number of hydrogen-bond acceptors (Lipinski definition) is 4. The molecule has 1 aliphatic rings. The number of aryl methyl sites for hydroxylation is 2. The topological polar surface area (TPSA) is 83.6 Å². The van der Waals surface area contributed by atoms with Gasteiger partial charge in [0.25, 0.3) is 5.91 Å². The number of carboxylic acid groups (broad SMARTS) is 1. The molecule has 0 atom stereocenters. The summed E-state index contributed by atoms with van der Waals surface area (Å²) in [5.74, 6) is 0.178. The van der Waals surface area contributed by atoms with Crippen molar-refractivity contribution in [2.45, 2.75) is 39.5 Å². The second-order valence-electron chi connectivity index (χ2n) is 5.37. The van der Waals surface area contributed by atoms with E-state index in [9.17, 15) is 9.59 Å². The summed E-state index contributed by atoms with van der Waals surface area (Å²) in [4.78, 5) is 24.8. The van der Waals surface area contributed by atoms with E-state index < -0.39 is 5.97 Å². The quantitative estimate of drug-likeness (QED) is 0.912. The summed E-state index contributed by atoms with van der Waals surface area (Å²) in [6.45, 7) is 4.86. The van der Waals surface area contributed by atoms with E-state index in [4.69, 9.17) is 9.63 Å². The molecule has 6 nitrogen and oxygen atoms in total. The van der Waals surface area contributed by atoms with Crippen molar-refractivity contribution in [3.63, 3.8) is 0 Å². The molecule has 2 rings (SSSR count). The highest BCUT2D eigenvalue weighted by Gasteiger charge is 2.27. The molecule has 0 unspecified atom stereocenters. The number of piperidine rings is 1. The molecule has 1 saturated heterocycles. The third-order valence-corrected chi connectivity index (χ3v) is 3.92. The Balaban J connectivity index is 1.91. The van der Waals surface area contributed by atoms with Crippen LogP contribution in [0.4, 0.5) is 0 Å². The van der Waals surface area contributed by atoms with Crippen molar-refractivity contribution in [2.75, 3.05) is 13.1 Å². The first-order valence-electron chi connectivity index (χ1n) is 6.93. The van der Waals surface area contributed by atoms with Crippen molar-refractivity contribution in [1.29, 1.82) is 0 Å². The number of carbonyl (C=O) groups is 2. The predicted octanol–water partition coefficient (Wildman–Crippen LogP) is 2.01. The Morgan fingerprint density at radius 1 is 1.35 bits per heavy atom. The van der Waals surface area contributed by atoms with Gasteiger partial charge in [0, 0.05) is 19.5 Å². The molecule has 1 aromatic rings. The standard InChI is InChI=1S/C14H20N2O4/c1-9-13(10(2)20-15-9)14(19)16-7-5-11(6-8-16)3-4-12(17)18/h11H,3-8H2,1-2H3,(H,17,18). The summed E-state index contributed by atoms with van der Waals surface area (Å²) in [5.41, 5.74) is 1.19. The highest BCUT2D eigenvalue weighted by molar-refractivity contribution is 5.96. The molecule has 0 aromatic carbocycles. The van der Waals surface area contributed by atoms with Gasteiger partial charge in [-0.25, -0.2) is 0 Å². The monoisotopic (exact) mass is 280 g/mol. The summed E-state index contributed by atoms with van der Waals surface area (Å²) >= 11 is 0. The van der Waals surface area contributed by atoms with Crippen LogP contribution in [-0.2, 0) is 4.79 Å². The molecule has 0 bridgehead atoms. The van der Waals surface area contributed by atoms with Crippen molar-refractivity contribution in [1.82, 2.24) is 10.1 Å². The van der Waals surface area contributed by atoms with Gasteiger partial charge >= 0.3 is 5.97 Å². The Morgan fingerprint density at radius 2 is 2.00 bits per heavy atom. The smallest absolute Gasteiger partial charge is 0.303 e. The van der Waals surface area contributed by atoms with E-state index in [-0.39, 0.29) is 12.3 Å². The summed E-state index contributed by atoms with van der Waals surface area (Å²) in [6.07, 6.45) is 2.63. The fourth-order valence-corrected chi connectivity index (χ4v) is 2.70. The molecule has 1 amide bonds. The van der Waals surface area contributed by atoms with Gasteiger partial charge in [-0.15, -0.1) is 0 Å². The zero-order valence-corrected chi connectivity index (χ0v) is 11.9. The minimum absolute atomic E-state index is 0.0297. The highest BCUT2D eigenvalue weighted by atomic mass is 16.5. The van der Waals surface area contributed by atoms with Gasteiger partial charge in [-0.05, 0) is 39.0 Å². The van der Waals surface area contributed by atoms with Crippen LogP contribution < -0.4 is 0 Å². The molecule has 0 saturated carbocycles. The van der Waals surface area contributed by atoms with Gasteiger partial charge in [0.1, 0.15) is 11.3 Å². The van der Waals surface area contributed by atoms with Crippen molar-refractivity contribution < 1.29 is 19.2 Å². The molecule has 0 radical (unpaired) electrons. The van der Waals surface area contributed by atoms with Crippen molar-refractivity contribution in [3.8, 4) is 0 Å². The Bertz CT molecular complexity index is 482. The van der Waals surface area contributed by atoms with Crippen LogP contribution in [0.1, 0.15) is 47.5 Å². The van der Waals surface area contributed by atoms with Crippen LogP contribution in [0, 0.1) is 19.8 Å². The second-order valence-corrected chi connectivity index (χ2v) is 5.37. The second kappa shape index (κ2) is 6.07. The number of carbonyl (C=O) groups excluding carboxylic acids is 1. The molecule has 20 heavy (non-hydrogen) atoms. The molecule has 2 heterocycles. The summed E-state index contributed by atoms with van der Waals surface area (Å²) in [6, 6.07) is 0. The summed E-state index contributed by atoms with van der Waals surface area (Å²) < 4.78 is 5.03. The molecule has 0 aliphatic carbocycles. The van der Waals surface area contributed by atoms with Crippen LogP contribution in [-0.4, -0.2) is 40.1 Å². The van der Waals surface area contributed by atoms with E-state index in [0.717, 1.165) is 12.8 Å². The lowest BCUT2D eigenvalue weighted by molar-refractivity contribution is -0.137. The minimum Gasteiger partial charge on any atom is -0.481 e. The first-order chi connectivity index (χ1) is 9.49. The predicted molar refractivity (Wildman–Crippen MR) is 71.5 cm³/mol. The van der Waals surface area contributed by atoms with E-state index in [2.05, 4.69) is 5.16 Å². The minimum atomic E-state index is -0.751. The average molecular weight is 280 g/mol. The number of nitrogens with zero attached hydrogens (tertiary/aromatic N) is 2. The highest BCUT2D eigenvalue weighted by Crippen LogP contribution is 2.24. The lowest BCUT2D eigenvalue weighted by atomic mass is 9.92. The van der Waals surface area contributed by atoms with Gasteiger partial charge < -0.3 is 14.5 Å². The van der Waals surface area contributed by atoms with E-state index in [1.54, 1.807) is 13.8 Å². The molecule has 1 aliphatic heterocycles. The van der Waals surface area contributed by atoms with Gasteiger partial charge in [0.05, 0.1) is 5.69 Å². The molecule has 0 spiro atoms. The zero-order valence-electron chi connectivity index (χ0n) is 11.9. The third-order valence-electron chi connectivity index (χ3n) is 3.92. The normalized spacial score (nSPS) is 16.4. The fraction of sp³-hybridized carbons (Fsp3) is 0.643. The number of aliphatic carboxylic acids is 1. The molecule has 1 N–H and O–H groups in total. The van der Waals surface area contributed by atoms with Gasteiger partial charge in [0.2, 0.25) is 0 Å². The third kappa shape index (κ3) is 3.18. The summed E-state index contributed by atoms with van der Waals surface area (Å²) in [5, 5.41) is 12.5. The number of aromatic nitrogens is 1. The van der Waals surface area contributed by atoms with E-state index in [0.29, 0.717) is 42.4 Å². The van der Waals surface area contributed by atoms with E-state index in [1.165, 1.54) is 0 Å². The Kier molecular flexibility index (Phi) is 4.42. The number of rotatable bonds is 4. The van der Waals surface area contributed by atoms with E-state index in [1.807, 2.05) is 4.90 Å². The van der Waals surface area contributed by atoms with Gasteiger partial charge in [-0.2, -0.15) is 0 Å². The van der Waals surface area contributed by atoms with Crippen LogP contribution in [0.5, 0.6) is 0 Å². The van der Waals surface area contributed by atoms with Crippen LogP contribution >= 0.6 is 0 Å². The lowest BCUT2D eigenvalue weighted by Crippen LogP contribution is -2.39. The van der Waals surface area contributed by atoms with E-state index >= 15 is 0 Å². The van der Waals surface area contributed by atoms with Crippen molar-refractivity contribution in [3.05, 3.63) is 17.0 Å². The number of carboxylic acids is 1. The first kappa shape index (κ1) is 14.6. The molecule has 6 heteroatoms. The number of amides is 1. The van der Waals surface area contributed by atoms with Crippen molar-refractivity contribution >= 4 is 11.9 Å². The zero-order chi connectivity index (χ0) is 14.7. The maximum Gasteiger partial charge on any atom is 0.303 e. The number of hydrogen-bond donors (Lipinski definition) is 1. The van der Waals surface area contributed by atoms with Crippen LogP contribution in [0.3, 0.4) is 0 Å².